The van der Waals surface area contributed by atoms with Crippen LogP contribution in [0.1, 0.15) is 73.1 Å². The molecule has 5 nitrogen and oxygen atoms in total. The van der Waals surface area contributed by atoms with Gasteiger partial charge < -0.3 is 14.2 Å². The molecule has 1 amide bonds. The van der Waals surface area contributed by atoms with Gasteiger partial charge in [-0.05, 0) is 91.4 Å². The van der Waals surface area contributed by atoms with E-state index in [1.165, 1.54) is 22.3 Å². The first-order valence-corrected chi connectivity index (χ1v) is 12.0. The Morgan fingerprint density at radius 3 is 1.82 bits per heavy atom. The van der Waals surface area contributed by atoms with Crippen LogP contribution in [0.15, 0.2) is 64.8 Å². The summed E-state index contributed by atoms with van der Waals surface area (Å²) in [6.45, 7) is 11.0. The Balaban J connectivity index is 2.32. The molecule has 0 unspecified atom stereocenters. The van der Waals surface area contributed by atoms with Crippen molar-refractivity contribution in [2.45, 2.75) is 73.1 Å². The van der Waals surface area contributed by atoms with Gasteiger partial charge in [0, 0.05) is 11.8 Å². The van der Waals surface area contributed by atoms with Crippen LogP contribution in [0.2, 0.25) is 0 Å². The van der Waals surface area contributed by atoms with E-state index in [4.69, 9.17) is 14.2 Å². The molecular formula is C29H43NO4. The molecule has 5 heteroatoms. The molecule has 1 N–H and O–H groups in total. The van der Waals surface area contributed by atoms with Crippen molar-refractivity contribution in [1.82, 2.24) is 0 Å². The van der Waals surface area contributed by atoms with Gasteiger partial charge in [0.15, 0.2) is 11.5 Å². The molecule has 0 fully saturated rings. The van der Waals surface area contributed by atoms with Crippen LogP contribution < -0.4 is 14.8 Å². The minimum absolute atomic E-state index is 0.241. The molecule has 0 aliphatic rings. The van der Waals surface area contributed by atoms with E-state index in [2.05, 4.69) is 58.2 Å². The number of rotatable bonds is 14. The largest absolute Gasteiger partial charge is 0.493 e. The molecule has 0 spiro atoms. The van der Waals surface area contributed by atoms with E-state index in [1.807, 2.05) is 6.08 Å². The number of carbonyl (C=O) groups excluding carboxylic acids is 1. The fourth-order valence-corrected chi connectivity index (χ4v) is 3.31. The predicted octanol–water partition coefficient (Wildman–Crippen LogP) is 8.40. The number of amides is 1. The molecule has 0 radical (unpaired) electrons. The second-order valence-electron chi connectivity index (χ2n) is 8.84. The van der Waals surface area contributed by atoms with Crippen LogP contribution >= 0.6 is 0 Å². The van der Waals surface area contributed by atoms with Gasteiger partial charge in [-0.1, -0.05) is 40.5 Å². The van der Waals surface area contributed by atoms with Crippen molar-refractivity contribution in [2.24, 2.45) is 0 Å². The Morgan fingerprint density at radius 2 is 1.29 bits per heavy atom. The Morgan fingerprint density at radius 1 is 0.765 bits per heavy atom. The van der Waals surface area contributed by atoms with Gasteiger partial charge in [-0.3, -0.25) is 5.32 Å². The summed E-state index contributed by atoms with van der Waals surface area (Å²) in [5, 5.41) is 2.70. The summed E-state index contributed by atoms with van der Waals surface area (Å²) in [6, 6.07) is 5.16. The zero-order valence-electron chi connectivity index (χ0n) is 22.1. The number of anilines is 1. The summed E-state index contributed by atoms with van der Waals surface area (Å²) in [7, 11) is 3.12. The van der Waals surface area contributed by atoms with Crippen LogP contribution in [0, 0.1) is 0 Å². The highest BCUT2D eigenvalue weighted by molar-refractivity contribution is 5.85. The topological polar surface area (TPSA) is 56.8 Å². The molecule has 0 saturated heterocycles. The van der Waals surface area contributed by atoms with Crippen molar-refractivity contribution in [3.8, 4) is 11.5 Å². The van der Waals surface area contributed by atoms with Gasteiger partial charge in [-0.25, -0.2) is 4.79 Å². The highest BCUT2D eigenvalue weighted by atomic mass is 16.5. The summed E-state index contributed by atoms with van der Waals surface area (Å²) >= 11 is 0. The van der Waals surface area contributed by atoms with Crippen molar-refractivity contribution in [1.29, 1.82) is 0 Å². The molecule has 1 aromatic carbocycles. The van der Waals surface area contributed by atoms with Gasteiger partial charge in [0.2, 0.25) is 0 Å². The molecule has 0 bridgehead atoms. The van der Waals surface area contributed by atoms with Gasteiger partial charge in [0.1, 0.15) is 6.61 Å². The molecule has 0 aromatic heterocycles. The number of ether oxygens (including phenoxy) is 3. The monoisotopic (exact) mass is 469 g/mol. The second kappa shape index (κ2) is 16.6. The number of hydrogen-bond donors (Lipinski definition) is 1. The Hall–Kier alpha value is -2.95. The molecule has 188 valence electrons. The molecule has 0 aliphatic heterocycles. The van der Waals surface area contributed by atoms with Crippen molar-refractivity contribution in [2.75, 3.05) is 26.1 Å². The van der Waals surface area contributed by atoms with E-state index in [0.29, 0.717) is 17.2 Å². The lowest BCUT2D eigenvalue weighted by Crippen LogP contribution is -2.13. The third-order valence-electron chi connectivity index (χ3n) is 5.43. The lowest BCUT2D eigenvalue weighted by Gasteiger charge is -2.10. The van der Waals surface area contributed by atoms with Gasteiger partial charge in [-0.2, -0.15) is 0 Å². The van der Waals surface area contributed by atoms with Crippen LogP contribution in [-0.2, 0) is 4.74 Å². The number of methoxy groups -OCH3 is 2. The molecule has 0 saturated carbocycles. The lowest BCUT2D eigenvalue weighted by molar-refractivity contribution is 0.174. The number of hydrogen-bond acceptors (Lipinski definition) is 4. The number of nitrogens with one attached hydrogen (secondary N) is 1. The summed E-state index contributed by atoms with van der Waals surface area (Å²) in [4.78, 5) is 12.0. The maximum Gasteiger partial charge on any atom is 0.411 e. The Kier molecular flexibility index (Phi) is 14.2. The summed E-state index contributed by atoms with van der Waals surface area (Å²) in [5.41, 5.74) is 6.08. The summed E-state index contributed by atoms with van der Waals surface area (Å²) < 4.78 is 15.7. The van der Waals surface area contributed by atoms with Crippen molar-refractivity contribution >= 4 is 11.8 Å². The van der Waals surface area contributed by atoms with Gasteiger partial charge >= 0.3 is 6.09 Å². The number of carbonyl (C=O) groups is 1. The van der Waals surface area contributed by atoms with E-state index in [1.54, 1.807) is 32.4 Å². The minimum atomic E-state index is -0.504. The first-order valence-electron chi connectivity index (χ1n) is 12.0. The van der Waals surface area contributed by atoms with Crippen molar-refractivity contribution < 1.29 is 19.0 Å². The smallest absolute Gasteiger partial charge is 0.411 e. The molecule has 0 heterocycles. The van der Waals surface area contributed by atoms with Gasteiger partial charge in [0.25, 0.3) is 0 Å². The first kappa shape index (κ1) is 29.1. The van der Waals surface area contributed by atoms with Crippen LogP contribution in [0.4, 0.5) is 10.5 Å². The van der Waals surface area contributed by atoms with Crippen molar-refractivity contribution in [3.63, 3.8) is 0 Å². The van der Waals surface area contributed by atoms with Crippen LogP contribution in [0.25, 0.3) is 0 Å². The van der Waals surface area contributed by atoms with E-state index >= 15 is 0 Å². The molecule has 34 heavy (non-hydrogen) atoms. The third-order valence-corrected chi connectivity index (χ3v) is 5.43. The minimum Gasteiger partial charge on any atom is -0.493 e. The van der Waals surface area contributed by atoms with Crippen LogP contribution in [0.3, 0.4) is 0 Å². The molecule has 0 aliphatic carbocycles. The molecule has 0 atom stereocenters. The summed E-state index contributed by atoms with van der Waals surface area (Å²) in [5.74, 6) is 1.15. The Labute approximate surface area is 206 Å². The predicted molar refractivity (Wildman–Crippen MR) is 143 cm³/mol. The van der Waals surface area contributed by atoms with Crippen LogP contribution in [-0.4, -0.2) is 26.9 Å². The number of allylic oxidation sites excluding steroid dienone is 7. The quantitative estimate of drug-likeness (QED) is 0.278. The second-order valence-corrected chi connectivity index (χ2v) is 8.84. The maximum absolute atomic E-state index is 12.0. The lowest BCUT2D eigenvalue weighted by atomic mass is 10.0. The van der Waals surface area contributed by atoms with Gasteiger partial charge in [0.05, 0.1) is 14.2 Å². The Bertz CT molecular complexity index is 889. The van der Waals surface area contributed by atoms with E-state index in [-0.39, 0.29) is 6.61 Å². The van der Waals surface area contributed by atoms with Crippen LogP contribution in [0.5, 0.6) is 11.5 Å². The average Bonchev–Trinajstić information content (AvgIpc) is 2.78. The maximum atomic E-state index is 12.0. The van der Waals surface area contributed by atoms with E-state index in [0.717, 1.165) is 38.5 Å². The first-order chi connectivity index (χ1) is 16.2. The zero-order valence-corrected chi connectivity index (χ0v) is 22.1. The SMILES string of the molecule is COc1ccc(NC(=O)OC/C=C(\C)CC/C=C(\C)CC/C=C(\C)CCC=C(C)C)cc1OC. The molecular weight excluding hydrogens is 426 g/mol. The third kappa shape index (κ3) is 12.9. The highest BCUT2D eigenvalue weighted by Crippen LogP contribution is 2.29. The standard InChI is InChI=1S/C29H43NO4/c1-22(2)11-8-12-23(3)13-9-14-24(4)15-10-16-25(5)19-20-34-29(31)30-26-17-18-27(32-6)28(21-26)33-7/h11,13,15,17-19,21H,8-10,12,14,16,20H2,1-7H3,(H,30,31)/b23-13+,24-15+,25-19+. The zero-order chi connectivity index (χ0) is 25.3. The van der Waals surface area contributed by atoms with Crippen molar-refractivity contribution in [3.05, 3.63) is 64.8 Å². The van der Waals surface area contributed by atoms with Gasteiger partial charge in [-0.15, -0.1) is 0 Å². The fraction of sp³-hybridized carbons (Fsp3) is 0.483. The highest BCUT2D eigenvalue weighted by Gasteiger charge is 2.07. The summed E-state index contributed by atoms with van der Waals surface area (Å²) in [6.07, 6.45) is 14.9. The molecule has 1 rings (SSSR count). The average molecular weight is 470 g/mol. The van der Waals surface area contributed by atoms with E-state index < -0.39 is 6.09 Å². The van der Waals surface area contributed by atoms with E-state index in [9.17, 15) is 4.79 Å². The molecule has 1 aromatic rings. The normalized spacial score (nSPS) is 12.3. The number of benzene rings is 1. The fourth-order valence-electron chi connectivity index (χ4n) is 3.31.